The second-order valence-corrected chi connectivity index (χ2v) is 1.83. The van der Waals surface area contributed by atoms with Crippen LogP contribution in [-0.2, 0) is 7.05 Å². The van der Waals surface area contributed by atoms with Crippen LogP contribution in [0, 0.1) is 15.3 Å². The molecule has 0 aliphatic heterocycles. The molecule has 0 atom stereocenters. The standard InChI is InChI=1S/C3H5N5O3/c1-6-5-2(4)3(7(6)9)8(10)11/h1H3,(H2,4,5). The average molecular weight is 159 g/mol. The van der Waals surface area contributed by atoms with Gasteiger partial charge in [0.25, 0.3) is 0 Å². The normalized spacial score (nSPS) is 9.91. The van der Waals surface area contributed by atoms with E-state index in [2.05, 4.69) is 5.10 Å². The van der Waals surface area contributed by atoms with Crippen molar-refractivity contribution < 1.29 is 9.77 Å². The Labute approximate surface area is 60.5 Å². The van der Waals surface area contributed by atoms with Crippen LogP contribution in [0.2, 0.25) is 0 Å². The summed E-state index contributed by atoms with van der Waals surface area (Å²) in [6, 6.07) is 0. The van der Waals surface area contributed by atoms with Crippen LogP contribution in [0.4, 0.5) is 11.6 Å². The van der Waals surface area contributed by atoms with Crippen LogP contribution >= 0.6 is 0 Å². The molecule has 0 aliphatic rings. The Morgan fingerprint density at radius 3 is 2.55 bits per heavy atom. The Morgan fingerprint density at radius 2 is 2.36 bits per heavy atom. The van der Waals surface area contributed by atoms with Gasteiger partial charge >= 0.3 is 11.6 Å². The molecule has 0 spiro atoms. The molecule has 1 rings (SSSR count). The number of nitrogens with two attached hydrogens (primary N) is 1. The van der Waals surface area contributed by atoms with Gasteiger partial charge in [-0.1, -0.05) is 9.90 Å². The Kier molecular flexibility index (Phi) is 1.37. The van der Waals surface area contributed by atoms with E-state index in [1.807, 2.05) is 0 Å². The summed E-state index contributed by atoms with van der Waals surface area (Å²) >= 11 is 0. The second kappa shape index (κ2) is 2.08. The summed E-state index contributed by atoms with van der Waals surface area (Å²) in [6.07, 6.45) is 0. The molecule has 1 aromatic rings. The first kappa shape index (κ1) is 7.25. The molecule has 1 aromatic heterocycles. The SMILES string of the molecule is Cn1nc(N)c([N+](=O)[O-])[n+]1[O-]. The number of nitrogens with zero attached hydrogens (tertiary/aromatic N) is 4. The molecule has 2 N–H and O–H groups in total. The van der Waals surface area contributed by atoms with Crippen LogP contribution < -0.4 is 10.6 Å². The lowest BCUT2D eigenvalue weighted by atomic mass is 10.7. The molecule has 11 heavy (non-hydrogen) atoms. The molecule has 0 radical (unpaired) electrons. The van der Waals surface area contributed by atoms with Crippen LogP contribution in [0.25, 0.3) is 0 Å². The predicted molar refractivity (Wildman–Crippen MR) is 33.2 cm³/mol. The molecule has 8 heteroatoms. The fourth-order valence-corrected chi connectivity index (χ4v) is 0.640. The quantitative estimate of drug-likeness (QED) is 0.233. The maximum Gasteiger partial charge on any atom is 0.582 e. The molecule has 1 heterocycles. The van der Waals surface area contributed by atoms with E-state index in [9.17, 15) is 15.3 Å². The number of aromatic nitrogens is 3. The van der Waals surface area contributed by atoms with Gasteiger partial charge in [-0.05, 0) is 0 Å². The third-order valence-corrected chi connectivity index (χ3v) is 1.10. The van der Waals surface area contributed by atoms with E-state index >= 15 is 0 Å². The van der Waals surface area contributed by atoms with E-state index < -0.39 is 10.7 Å². The van der Waals surface area contributed by atoms with E-state index in [1.54, 1.807) is 0 Å². The fourth-order valence-electron chi connectivity index (χ4n) is 0.640. The topological polar surface area (TPSA) is 114 Å². The first-order valence-electron chi connectivity index (χ1n) is 2.60. The number of hydrogen-bond donors (Lipinski definition) is 1. The first-order valence-corrected chi connectivity index (χ1v) is 2.60. The van der Waals surface area contributed by atoms with Crippen molar-refractivity contribution in [3.8, 4) is 0 Å². The van der Waals surface area contributed by atoms with Gasteiger partial charge in [-0.15, -0.1) is 0 Å². The van der Waals surface area contributed by atoms with Gasteiger partial charge in [0, 0.05) is 4.85 Å². The maximum atomic E-state index is 10.7. The molecular formula is C3H5N5O3. The van der Waals surface area contributed by atoms with Crippen LogP contribution in [0.3, 0.4) is 0 Å². The molecule has 0 saturated heterocycles. The number of anilines is 1. The summed E-state index contributed by atoms with van der Waals surface area (Å²) in [5.74, 6) is -1.12. The largest absolute Gasteiger partial charge is 0.590 e. The lowest BCUT2D eigenvalue weighted by Gasteiger charge is -1.89. The molecule has 0 saturated carbocycles. The lowest BCUT2D eigenvalue weighted by molar-refractivity contribution is -0.734. The highest BCUT2D eigenvalue weighted by atomic mass is 16.6. The first-order chi connectivity index (χ1) is 5.04. The Morgan fingerprint density at radius 1 is 1.82 bits per heavy atom. The van der Waals surface area contributed by atoms with E-state index in [0.29, 0.717) is 0 Å². The Balaban J connectivity index is 3.34. The highest BCUT2D eigenvalue weighted by Gasteiger charge is 2.30. The van der Waals surface area contributed by atoms with Crippen molar-refractivity contribution in [1.29, 1.82) is 0 Å². The molecular weight excluding hydrogens is 154 g/mol. The number of aryl methyl sites for hydroxylation is 1. The van der Waals surface area contributed by atoms with Gasteiger partial charge in [-0.2, -0.15) is 0 Å². The summed E-state index contributed by atoms with van der Waals surface area (Å²) < 4.78 is 0. The van der Waals surface area contributed by atoms with Gasteiger partial charge in [-0.25, -0.2) is 0 Å². The lowest BCUT2D eigenvalue weighted by Crippen LogP contribution is -2.38. The van der Waals surface area contributed by atoms with E-state index in [4.69, 9.17) is 5.73 Å². The van der Waals surface area contributed by atoms with Crippen molar-refractivity contribution >= 4 is 11.6 Å². The summed E-state index contributed by atoms with van der Waals surface area (Å²) in [4.78, 5) is 9.98. The zero-order valence-electron chi connectivity index (χ0n) is 5.59. The fraction of sp³-hybridized carbons (Fsp3) is 0.333. The van der Waals surface area contributed by atoms with Gasteiger partial charge in [0.2, 0.25) is 0 Å². The number of rotatable bonds is 1. The summed E-state index contributed by atoms with van der Waals surface area (Å²) in [5.41, 5.74) is 5.05. The summed E-state index contributed by atoms with van der Waals surface area (Å²) in [6.45, 7) is 0. The molecule has 0 fully saturated rings. The van der Waals surface area contributed by atoms with Gasteiger partial charge in [0.15, 0.2) is 0 Å². The zero-order valence-corrected chi connectivity index (χ0v) is 5.59. The van der Waals surface area contributed by atoms with Crippen molar-refractivity contribution in [1.82, 2.24) is 9.90 Å². The van der Waals surface area contributed by atoms with E-state index in [1.165, 1.54) is 7.05 Å². The minimum absolute atomic E-state index is 0.00926. The van der Waals surface area contributed by atoms with Crippen molar-refractivity contribution in [2.45, 2.75) is 0 Å². The van der Waals surface area contributed by atoms with E-state index in [0.717, 1.165) is 4.80 Å². The third-order valence-electron chi connectivity index (χ3n) is 1.10. The minimum Gasteiger partial charge on any atom is -0.590 e. The monoisotopic (exact) mass is 159 g/mol. The molecule has 8 nitrogen and oxygen atoms in total. The minimum atomic E-state index is -0.880. The van der Waals surface area contributed by atoms with Crippen LogP contribution in [-0.4, -0.2) is 14.8 Å². The highest BCUT2D eigenvalue weighted by Crippen LogP contribution is 2.10. The predicted octanol–water partition coefficient (Wildman–Crippen LogP) is -1.46. The van der Waals surface area contributed by atoms with Crippen LogP contribution in [0.5, 0.6) is 0 Å². The molecule has 0 bridgehead atoms. The highest BCUT2D eigenvalue weighted by molar-refractivity contribution is 5.40. The summed E-state index contributed by atoms with van der Waals surface area (Å²) in [5, 5.41) is 24.2. The number of hydrogen-bond acceptors (Lipinski definition) is 5. The van der Waals surface area contributed by atoms with Crippen LogP contribution in [0.1, 0.15) is 0 Å². The maximum absolute atomic E-state index is 10.7. The van der Waals surface area contributed by atoms with Crippen LogP contribution in [0.15, 0.2) is 0 Å². The average Bonchev–Trinajstić information content (AvgIpc) is 2.07. The van der Waals surface area contributed by atoms with Gasteiger partial charge in [0.1, 0.15) is 4.92 Å². The Bertz CT molecular complexity index is 304. The second-order valence-electron chi connectivity index (χ2n) is 1.83. The smallest absolute Gasteiger partial charge is 0.582 e. The molecule has 0 aliphatic carbocycles. The number of nitrogen functional groups attached to an aromatic ring is 1. The van der Waals surface area contributed by atoms with E-state index in [-0.39, 0.29) is 10.7 Å². The van der Waals surface area contributed by atoms with Gasteiger partial charge in [0.05, 0.1) is 7.05 Å². The molecule has 0 unspecified atom stereocenters. The molecule has 0 amide bonds. The molecule has 60 valence electrons. The Hall–Kier alpha value is -1.86. The third kappa shape index (κ3) is 0.933. The zero-order chi connectivity index (χ0) is 8.59. The van der Waals surface area contributed by atoms with Crippen molar-refractivity contribution in [2.75, 3.05) is 5.73 Å². The molecule has 0 aromatic carbocycles. The van der Waals surface area contributed by atoms with Crippen molar-refractivity contribution in [2.24, 2.45) is 7.05 Å². The van der Waals surface area contributed by atoms with Gasteiger partial charge < -0.3 is 10.9 Å². The van der Waals surface area contributed by atoms with Crippen molar-refractivity contribution in [3.63, 3.8) is 0 Å². The van der Waals surface area contributed by atoms with Gasteiger partial charge in [-0.3, -0.25) is 10.1 Å². The van der Waals surface area contributed by atoms with Crippen molar-refractivity contribution in [3.05, 3.63) is 15.3 Å². The number of nitro groups is 1. The summed E-state index contributed by atoms with van der Waals surface area (Å²) in [7, 11) is 1.26.